The van der Waals surface area contributed by atoms with Gasteiger partial charge in [0.05, 0.1) is 5.56 Å². The summed E-state index contributed by atoms with van der Waals surface area (Å²) >= 11 is 4.72. The molecule has 0 spiro atoms. The van der Waals surface area contributed by atoms with E-state index >= 15 is 0 Å². The molecule has 50 valence electrons. The minimum absolute atomic E-state index is 0.0187. The van der Waals surface area contributed by atoms with E-state index in [-0.39, 0.29) is 11.3 Å². The van der Waals surface area contributed by atoms with Crippen molar-refractivity contribution in [3.8, 4) is 11.8 Å². The molecule has 0 atom stereocenters. The van der Waals surface area contributed by atoms with Crippen LogP contribution in [0.4, 0.5) is 0 Å². The second-order valence-electron chi connectivity index (χ2n) is 1.71. The number of H-pyrrole nitrogens is 1. The molecular weight excluding hydrogens is 148 g/mol. The maximum atomic E-state index is 8.84. The van der Waals surface area contributed by atoms with Gasteiger partial charge in [-0.3, -0.25) is 0 Å². The Labute approximate surface area is 62.6 Å². The minimum atomic E-state index is 0.0187. The fraction of sp³-hybridized carbons (Fsp3) is 0. The Morgan fingerprint density at radius 3 is 2.90 bits per heavy atom. The summed E-state index contributed by atoms with van der Waals surface area (Å²) in [6.07, 6.45) is 1.34. The highest BCUT2D eigenvalue weighted by Gasteiger charge is 1.93. The van der Waals surface area contributed by atoms with Gasteiger partial charge < -0.3 is 10.1 Å². The number of aromatic nitrogens is 1. The van der Waals surface area contributed by atoms with E-state index in [4.69, 9.17) is 22.6 Å². The molecule has 1 rings (SSSR count). The summed E-state index contributed by atoms with van der Waals surface area (Å²) in [5.74, 6) is 0.0187. The molecule has 0 amide bonds. The molecule has 2 N–H and O–H groups in total. The van der Waals surface area contributed by atoms with Crippen molar-refractivity contribution < 1.29 is 5.11 Å². The number of aromatic amines is 1. The molecule has 10 heavy (non-hydrogen) atoms. The van der Waals surface area contributed by atoms with Crippen LogP contribution < -0.4 is 0 Å². The van der Waals surface area contributed by atoms with Crippen LogP contribution >= 0.6 is 12.2 Å². The third-order valence-electron chi connectivity index (χ3n) is 1.01. The predicted molar refractivity (Wildman–Crippen MR) is 38.0 cm³/mol. The van der Waals surface area contributed by atoms with Gasteiger partial charge >= 0.3 is 0 Å². The van der Waals surface area contributed by atoms with E-state index in [1.165, 1.54) is 12.3 Å². The molecule has 4 heteroatoms. The van der Waals surface area contributed by atoms with Crippen LogP contribution in [0.5, 0.6) is 5.75 Å². The van der Waals surface area contributed by atoms with E-state index in [0.29, 0.717) is 4.64 Å². The topological polar surface area (TPSA) is 59.8 Å². The third kappa shape index (κ3) is 1.14. The summed E-state index contributed by atoms with van der Waals surface area (Å²) in [4.78, 5) is 2.56. The lowest BCUT2D eigenvalue weighted by Gasteiger charge is -1.90. The van der Waals surface area contributed by atoms with E-state index in [2.05, 4.69) is 4.98 Å². The Balaban J connectivity index is 3.40. The molecular formula is C6H4N2OS. The molecule has 0 saturated carbocycles. The second kappa shape index (κ2) is 2.50. The van der Waals surface area contributed by atoms with Crippen LogP contribution in [0.15, 0.2) is 12.3 Å². The Hall–Kier alpha value is -1.34. The number of hydrogen-bond acceptors (Lipinski definition) is 3. The first-order valence-corrected chi connectivity index (χ1v) is 2.96. The van der Waals surface area contributed by atoms with Gasteiger partial charge in [-0.1, -0.05) is 12.2 Å². The zero-order valence-corrected chi connectivity index (χ0v) is 5.77. The van der Waals surface area contributed by atoms with E-state index in [0.717, 1.165) is 0 Å². The van der Waals surface area contributed by atoms with Crippen molar-refractivity contribution in [1.29, 1.82) is 5.26 Å². The number of nitrogens with zero attached hydrogens (tertiary/aromatic N) is 1. The van der Waals surface area contributed by atoms with Crippen LogP contribution in [-0.2, 0) is 0 Å². The van der Waals surface area contributed by atoms with Crippen molar-refractivity contribution in [1.82, 2.24) is 4.98 Å². The molecule has 0 saturated heterocycles. The number of pyridine rings is 1. The molecule has 0 aliphatic rings. The van der Waals surface area contributed by atoms with Crippen LogP contribution in [0.3, 0.4) is 0 Å². The molecule has 0 bridgehead atoms. The lowest BCUT2D eigenvalue weighted by Crippen LogP contribution is -1.79. The van der Waals surface area contributed by atoms with Crippen molar-refractivity contribution in [3.05, 3.63) is 22.5 Å². The first-order valence-electron chi connectivity index (χ1n) is 2.56. The molecule has 3 nitrogen and oxygen atoms in total. The first-order chi connectivity index (χ1) is 4.74. The summed E-state index contributed by atoms with van der Waals surface area (Å²) < 4.78 is 0.348. The van der Waals surface area contributed by atoms with Gasteiger partial charge in [-0.25, -0.2) is 0 Å². The number of nitrogens with one attached hydrogen (secondary N) is 1. The van der Waals surface area contributed by atoms with Crippen LogP contribution in [0.2, 0.25) is 0 Å². The van der Waals surface area contributed by atoms with Gasteiger partial charge in [0.2, 0.25) is 0 Å². The van der Waals surface area contributed by atoms with E-state index in [9.17, 15) is 0 Å². The highest BCUT2D eigenvalue weighted by Crippen LogP contribution is 2.08. The van der Waals surface area contributed by atoms with Crippen molar-refractivity contribution >= 4 is 12.2 Å². The maximum absolute atomic E-state index is 8.84. The molecule has 1 aromatic rings. The number of nitriles is 1. The SMILES string of the molecule is N#Cc1cc(O)c[nH]c1=S. The van der Waals surface area contributed by atoms with Gasteiger partial charge in [0.15, 0.2) is 0 Å². The summed E-state index contributed by atoms with van der Waals surface area (Å²) in [5.41, 5.74) is 0.287. The highest BCUT2D eigenvalue weighted by molar-refractivity contribution is 7.71. The van der Waals surface area contributed by atoms with Gasteiger partial charge in [-0.2, -0.15) is 5.26 Å². The van der Waals surface area contributed by atoms with Gasteiger partial charge in [0.1, 0.15) is 16.5 Å². The highest BCUT2D eigenvalue weighted by atomic mass is 32.1. The first kappa shape index (κ1) is 6.78. The van der Waals surface area contributed by atoms with Gasteiger partial charge in [0.25, 0.3) is 0 Å². The zero-order chi connectivity index (χ0) is 7.56. The predicted octanol–water partition coefficient (Wildman–Crippen LogP) is 1.32. The Morgan fingerprint density at radius 1 is 1.70 bits per heavy atom. The van der Waals surface area contributed by atoms with E-state index in [1.54, 1.807) is 0 Å². The van der Waals surface area contributed by atoms with Crippen LogP contribution in [0.1, 0.15) is 5.56 Å². The molecule has 0 aliphatic heterocycles. The number of rotatable bonds is 0. The van der Waals surface area contributed by atoms with Crippen LogP contribution in [-0.4, -0.2) is 10.1 Å². The summed E-state index contributed by atoms with van der Waals surface area (Å²) in [6.45, 7) is 0. The van der Waals surface area contributed by atoms with Crippen molar-refractivity contribution in [2.45, 2.75) is 0 Å². The molecule has 0 radical (unpaired) electrons. The van der Waals surface area contributed by atoms with E-state index in [1.807, 2.05) is 6.07 Å². The Kier molecular flexibility index (Phi) is 1.69. The van der Waals surface area contributed by atoms with Crippen molar-refractivity contribution in [2.75, 3.05) is 0 Å². The monoisotopic (exact) mass is 152 g/mol. The fourth-order valence-electron chi connectivity index (χ4n) is 0.555. The quantitative estimate of drug-likeness (QED) is 0.551. The fourth-order valence-corrected chi connectivity index (χ4v) is 0.719. The Bertz CT molecular complexity index is 336. The Morgan fingerprint density at radius 2 is 2.40 bits per heavy atom. The summed E-state index contributed by atoms with van der Waals surface area (Å²) in [7, 11) is 0. The van der Waals surface area contributed by atoms with Crippen molar-refractivity contribution in [3.63, 3.8) is 0 Å². The van der Waals surface area contributed by atoms with Crippen LogP contribution in [0, 0.1) is 16.0 Å². The van der Waals surface area contributed by atoms with Gasteiger partial charge in [-0.05, 0) is 0 Å². The second-order valence-corrected chi connectivity index (χ2v) is 2.12. The maximum Gasteiger partial charge on any atom is 0.132 e. The molecule has 1 aromatic heterocycles. The summed E-state index contributed by atoms with van der Waals surface area (Å²) in [6, 6.07) is 3.16. The lowest BCUT2D eigenvalue weighted by atomic mass is 10.3. The summed E-state index contributed by atoms with van der Waals surface area (Å²) in [5, 5.41) is 17.2. The zero-order valence-electron chi connectivity index (χ0n) is 4.96. The molecule has 1 heterocycles. The average Bonchev–Trinajstić information content (AvgIpc) is 1.94. The molecule has 0 aromatic carbocycles. The third-order valence-corrected chi connectivity index (χ3v) is 1.35. The molecule has 0 aliphatic carbocycles. The number of aromatic hydroxyl groups is 1. The van der Waals surface area contributed by atoms with Gasteiger partial charge in [0, 0.05) is 12.3 Å². The largest absolute Gasteiger partial charge is 0.506 e. The van der Waals surface area contributed by atoms with Crippen molar-refractivity contribution in [2.24, 2.45) is 0 Å². The molecule has 0 unspecified atom stereocenters. The van der Waals surface area contributed by atoms with Gasteiger partial charge in [-0.15, -0.1) is 0 Å². The standard InChI is InChI=1S/C6H4N2OS/c7-2-4-1-5(9)3-8-6(4)10/h1,3,9H,(H,8,10). The lowest BCUT2D eigenvalue weighted by molar-refractivity contribution is 0.472. The van der Waals surface area contributed by atoms with Crippen LogP contribution in [0.25, 0.3) is 0 Å². The minimum Gasteiger partial charge on any atom is -0.506 e. The molecule has 0 fully saturated rings. The normalized spacial score (nSPS) is 8.70. The average molecular weight is 152 g/mol. The number of hydrogen-bond donors (Lipinski definition) is 2. The smallest absolute Gasteiger partial charge is 0.132 e. The van der Waals surface area contributed by atoms with E-state index < -0.39 is 0 Å².